The van der Waals surface area contributed by atoms with Crippen molar-refractivity contribution in [3.05, 3.63) is 11.6 Å². The predicted octanol–water partition coefficient (Wildman–Crippen LogP) is 6.54. The minimum Gasteiger partial charge on any atom is -0.480 e. The van der Waals surface area contributed by atoms with Crippen molar-refractivity contribution < 1.29 is 14.6 Å². The minimum atomic E-state index is -0.366. The van der Waals surface area contributed by atoms with Gasteiger partial charge in [-0.1, -0.05) is 59.6 Å². The van der Waals surface area contributed by atoms with Gasteiger partial charge in [-0.15, -0.1) is 0 Å². The summed E-state index contributed by atoms with van der Waals surface area (Å²) in [5, 5.41) is 11.4. The van der Waals surface area contributed by atoms with E-state index in [1.807, 2.05) is 0 Å². The van der Waals surface area contributed by atoms with E-state index in [2.05, 4.69) is 87.4 Å². The van der Waals surface area contributed by atoms with Gasteiger partial charge in [-0.2, -0.15) is 0 Å². The zero-order valence-corrected chi connectivity index (χ0v) is 25.7. The summed E-state index contributed by atoms with van der Waals surface area (Å²) in [5.74, 6) is 2.01. The number of nitrogens with zero attached hydrogens (tertiary/aromatic N) is 2. The second kappa shape index (κ2) is 11.1. The highest BCUT2D eigenvalue weighted by Gasteiger charge is 2.66. The summed E-state index contributed by atoms with van der Waals surface area (Å²) in [6.45, 7) is 20.7. The maximum absolute atomic E-state index is 13.4. The quantitative estimate of drug-likeness (QED) is 0.353. The number of rotatable bonds is 9. The van der Waals surface area contributed by atoms with Gasteiger partial charge in [0, 0.05) is 35.6 Å². The normalized spacial score (nSPS) is 40.9. The number of ether oxygens (including phenoxy) is 1. The molecule has 3 rings (SSSR count). The van der Waals surface area contributed by atoms with Crippen molar-refractivity contribution in [2.45, 2.75) is 119 Å². The van der Waals surface area contributed by atoms with Crippen molar-refractivity contribution in [1.29, 1.82) is 0 Å². The van der Waals surface area contributed by atoms with Gasteiger partial charge in [-0.25, -0.2) is 0 Å². The molecule has 0 spiro atoms. The Morgan fingerprint density at radius 1 is 1.19 bits per heavy atom. The number of allylic oxidation sites excluding steroid dienone is 1. The lowest BCUT2D eigenvalue weighted by Gasteiger charge is -2.56. The first-order chi connectivity index (χ1) is 17.1. The molecule has 3 unspecified atom stereocenters. The van der Waals surface area contributed by atoms with Gasteiger partial charge in [-0.3, -0.25) is 9.79 Å². The van der Waals surface area contributed by atoms with Crippen molar-refractivity contribution in [1.82, 2.24) is 4.90 Å². The smallest absolute Gasteiger partial charge is 0.186 e. The molecule has 0 bridgehead atoms. The minimum absolute atomic E-state index is 0.0202. The van der Waals surface area contributed by atoms with E-state index in [0.717, 1.165) is 38.0 Å². The lowest BCUT2D eigenvalue weighted by Crippen LogP contribution is -2.55. The van der Waals surface area contributed by atoms with Gasteiger partial charge in [0.15, 0.2) is 5.90 Å². The van der Waals surface area contributed by atoms with Crippen LogP contribution in [-0.4, -0.2) is 60.6 Å². The van der Waals surface area contributed by atoms with Gasteiger partial charge < -0.3 is 14.7 Å². The molecule has 1 N–H and O–H groups in total. The molecule has 5 heteroatoms. The first kappa shape index (κ1) is 30.3. The highest BCUT2D eigenvalue weighted by atomic mass is 16.5. The van der Waals surface area contributed by atoms with Crippen molar-refractivity contribution >= 4 is 11.7 Å². The molecular formula is C32H56N2O3. The van der Waals surface area contributed by atoms with Gasteiger partial charge >= 0.3 is 0 Å². The van der Waals surface area contributed by atoms with E-state index >= 15 is 0 Å². The Morgan fingerprint density at radius 2 is 1.84 bits per heavy atom. The number of fused-ring (bicyclic) bond motifs is 1. The third-order valence-electron chi connectivity index (χ3n) is 11.0. The van der Waals surface area contributed by atoms with Crippen LogP contribution in [0.2, 0.25) is 0 Å². The van der Waals surface area contributed by atoms with Crippen LogP contribution < -0.4 is 0 Å². The van der Waals surface area contributed by atoms with Crippen LogP contribution in [-0.2, 0) is 9.53 Å². The number of aliphatic hydroxyl groups excluding tert-OH is 1. The molecular weight excluding hydrogens is 460 g/mol. The summed E-state index contributed by atoms with van der Waals surface area (Å²) in [4.78, 5) is 20.7. The van der Waals surface area contributed by atoms with Crippen molar-refractivity contribution in [3.8, 4) is 0 Å². The second-order valence-electron chi connectivity index (χ2n) is 14.4. The Morgan fingerprint density at radius 3 is 2.41 bits per heavy atom. The van der Waals surface area contributed by atoms with Crippen LogP contribution in [0.3, 0.4) is 0 Å². The van der Waals surface area contributed by atoms with Gasteiger partial charge in [-0.05, 0) is 77.3 Å². The van der Waals surface area contributed by atoms with Crippen molar-refractivity contribution in [2.24, 2.45) is 44.9 Å². The number of aliphatic imine (C=N–C) groups is 1. The zero-order chi connectivity index (χ0) is 27.9. The number of ketones is 1. The van der Waals surface area contributed by atoms with Crippen LogP contribution in [0.4, 0.5) is 0 Å². The molecule has 0 saturated heterocycles. The summed E-state index contributed by atoms with van der Waals surface area (Å²) < 4.78 is 6.19. The van der Waals surface area contributed by atoms with Crippen molar-refractivity contribution in [2.75, 3.05) is 20.7 Å². The fraction of sp³-hybridized carbons (Fsp3) is 0.875. The molecule has 9 atom stereocenters. The number of carbonyl (C=O) groups excluding carboxylic acids is 1. The summed E-state index contributed by atoms with van der Waals surface area (Å²) in [5.41, 5.74) is 1.07. The molecule has 0 aromatic rings. The van der Waals surface area contributed by atoms with Crippen LogP contribution in [0.25, 0.3) is 0 Å². The molecule has 0 radical (unpaired) electrons. The van der Waals surface area contributed by atoms with Crippen LogP contribution in [0.15, 0.2) is 16.6 Å². The number of aliphatic hydroxyl groups is 1. The molecule has 2 aliphatic carbocycles. The fourth-order valence-electron chi connectivity index (χ4n) is 8.18. The van der Waals surface area contributed by atoms with Crippen LogP contribution in [0, 0.1) is 39.9 Å². The Bertz CT molecular complexity index is 890. The molecule has 1 aliphatic heterocycles. The van der Waals surface area contributed by atoms with E-state index < -0.39 is 0 Å². The van der Waals surface area contributed by atoms with E-state index in [-0.39, 0.29) is 52.2 Å². The van der Waals surface area contributed by atoms with E-state index in [0.29, 0.717) is 24.7 Å². The molecule has 1 heterocycles. The molecule has 37 heavy (non-hydrogen) atoms. The number of hydrogen-bond donors (Lipinski definition) is 1. The average molecular weight is 517 g/mol. The lowest BCUT2D eigenvalue weighted by molar-refractivity contribution is -0.146. The van der Waals surface area contributed by atoms with E-state index in [1.54, 1.807) is 0 Å². The van der Waals surface area contributed by atoms with E-state index in [1.165, 1.54) is 5.57 Å². The highest BCUT2D eigenvalue weighted by molar-refractivity contribution is 5.83. The Hall–Kier alpha value is -1.20. The average Bonchev–Trinajstić information content (AvgIpc) is 2.99. The summed E-state index contributed by atoms with van der Waals surface area (Å²) in [7, 11) is 4.18. The molecule has 0 aromatic carbocycles. The lowest BCUT2D eigenvalue weighted by atomic mass is 9.48. The Balaban J connectivity index is 1.82. The molecule has 0 amide bonds. The topological polar surface area (TPSA) is 62.1 Å². The Labute approximate surface area is 227 Å². The molecule has 2 saturated carbocycles. The Kier molecular flexibility index (Phi) is 9.12. The molecule has 212 valence electrons. The first-order valence-electron chi connectivity index (χ1n) is 14.8. The summed E-state index contributed by atoms with van der Waals surface area (Å²) >= 11 is 0. The molecule has 3 aliphatic rings. The zero-order valence-electron chi connectivity index (χ0n) is 25.7. The van der Waals surface area contributed by atoms with Crippen molar-refractivity contribution in [3.63, 3.8) is 0 Å². The van der Waals surface area contributed by atoms with Crippen LogP contribution >= 0.6 is 0 Å². The highest BCUT2D eigenvalue weighted by Crippen LogP contribution is 2.67. The van der Waals surface area contributed by atoms with E-state index in [9.17, 15) is 9.90 Å². The second-order valence-corrected chi connectivity index (χ2v) is 14.4. The van der Waals surface area contributed by atoms with Gasteiger partial charge in [0.1, 0.15) is 5.78 Å². The standard InChI is InChI=1S/C32H56N2O3/c1-20(2)14-15-27-30(7,19-37-29(33-27)21(3)4)16-12-13-24-22(5)25(35)17-32(9)28(23(6)34(10)11)26(36)18-31(24,32)8/h14,21-24,26-28,36H,12-13,15-19H2,1-11H3/t22?,23?,24?,26-,27+,28+,30-,31+,32-/m1/s1. The van der Waals surface area contributed by atoms with Crippen LogP contribution in [0.1, 0.15) is 101 Å². The molecule has 5 nitrogen and oxygen atoms in total. The van der Waals surface area contributed by atoms with Gasteiger partial charge in [0.05, 0.1) is 18.8 Å². The number of Topliss-reactive ketones (excluding diaryl/α,β-unsaturated/α-hetero) is 1. The summed E-state index contributed by atoms with van der Waals surface area (Å²) in [6.07, 6.45) is 7.38. The number of hydrogen-bond acceptors (Lipinski definition) is 5. The van der Waals surface area contributed by atoms with Gasteiger partial charge in [0.2, 0.25) is 0 Å². The maximum atomic E-state index is 13.4. The van der Waals surface area contributed by atoms with Gasteiger partial charge in [0.25, 0.3) is 0 Å². The third kappa shape index (κ3) is 5.60. The summed E-state index contributed by atoms with van der Waals surface area (Å²) in [6, 6.07) is 0.448. The number of carbonyl (C=O) groups is 1. The monoisotopic (exact) mass is 516 g/mol. The van der Waals surface area contributed by atoms with Crippen LogP contribution in [0.5, 0.6) is 0 Å². The first-order valence-corrected chi connectivity index (χ1v) is 14.8. The SMILES string of the molecule is CC(C)=CC[C@@H]1N=C(C(C)C)OC[C@@]1(C)CCCC1C(C)C(=O)C[C@]2(C)[C@@H](C(C)N(C)C)[C@H](O)C[C@@]12C. The maximum Gasteiger partial charge on any atom is 0.186 e. The third-order valence-corrected chi connectivity index (χ3v) is 11.0. The largest absolute Gasteiger partial charge is 0.480 e. The van der Waals surface area contributed by atoms with E-state index in [4.69, 9.17) is 9.73 Å². The molecule has 0 aromatic heterocycles. The molecule has 2 fully saturated rings. The predicted molar refractivity (Wildman–Crippen MR) is 154 cm³/mol. The fourth-order valence-corrected chi connectivity index (χ4v) is 8.18.